The van der Waals surface area contributed by atoms with Gasteiger partial charge >= 0.3 is 6.18 Å². The van der Waals surface area contributed by atoms with E-state index in [4.69, 9.17) is 0 Å². The molecule has 0 spiro atoms. The fourth-order valence-electron chi connectivity index (χ4n) is 3.07. The first-order valence-electron chi connectivity index (χ1n) is 7.94. The van der Waals surface area contributed by atoms with E-state index in [1.54, 1.807) is 13.0 Å². The van der Waals surface area contributed by atoms with E-state index in [9.17, 15) is 13.2 Å². The average Bonchev–Trinajstić information content (AvgIpc) is 2.47. The zero-order valence-electron chi connectivity index (χ0n) is 13.7. The molecule has 0 bridgehead atoms. The molecule has 1 N–H and O–H groups in total. The fourth-order valence-corrected chi connectivity index (χ4v) is 3.07. The number of piperidine rings is 1. The van der Waals surface area contributed by atoms with Gasteiger partial charge < -0.3 is 5.32 Å². The molecule has 0 saturated carbocycles. The molecule has 1 saturated heterocycles. The highest BCUT2D eigenvalue weighted by atomic mass is 35.5. The average molecular weight is 351 g/mol. The lowest BCUT2D eigenvalue weighted by Crippen LogP contribution is -2.34. The van der Waals surface area contributed by atoms with Crippen molar-refractivity contribution in [3.05, 3.63) is 34.9 Å². The van der Waals surface area contributed by atoms with Gasteiger partial charge in [-0.25, -0.2) is 0 Å². The largest absolute Gasteiger partial charge is 0.416 e. The molecule has 2 nitrogen and oxygen atoms in total. The highest BCUT2D eigenvalue weighted by molar-refractivity contribution is 5.85. The SMILES string of the molecule is CNCCC1CCN(Cc2ccc(C(F)(F)F)cc2C)CC1.Cl. The molecule has 0 amide bonds. The zero-order valence-corrected chi connectivity index (χ0v) is 14.6. The van der Waals surface area contributed by atoms with Gasteiger partial charge in [-0.1, -0.05) is 6.07 Å². The smallest absolute Gasteiger partial charge is 0.320 e. The molecule has 1 aliphatic heterocycles. The maximum atomic E-state index is 12.7. The number of nitrogens with one attached hydrogen (secondary N) is 1. The van der Waals surface area contributed by atoms with Crippen molar-refractivity contribution in [3.63, 3.8) is 0 Å². The minimum atomic E-state index is -4.26. The van der Waals surface area contributed by atoms with Crippen LogP contribution in [0.4, 0.5) is 13.2 Å². The van der Waals surface area contributed by atoms with Crippen molar-refractivity contribution in [2.75, 3.05) is 26.7 Å². The van der Waals surface area contributed by atoms with Crippen molar-refractivity contribution >= 4 is 12.4 Å². The number of hydrogen-bond acceptors (Lipinski definition) is 2. The number of halogens is 4. The van der Waals surface area contributed by atoms with E-state index in [0.29, 0.717) is 0 Å². The highest BCUT2D eigenvalue weighted by Gasteiger charge is 2.30. The molecular weight excluding hydrogens is 325 g/mol. The Morgan fingerprint density at radius 3 is 2.39 bits per heavy atom. The molecule has 1 aromatic rings. The van der Waals surface area contributed by atoms with Gasteiger partial charge in [0.05, 0.1) is 5.56 Å². The van der Waals surface area contributed by atoms with E-state index in [1.807, 2.05) is 7.05 Å². The van der Waals surface area contributed by atoms with Gasteiger partial charge in [-0.3, -0.25) is 4.90 Å². The van der Waals surface area contributed by atoms with Gasteiger partial charge in [-0.2, -0.15) is 13.2 Å². The van der Waals surface area contributed by atoms with Gasteiger partial charge in [0.15, 0.2) is 0 Å². The molecule has 6 heteroatoms. The molecule has 2 rings (SSSR count). The normalized spacial score (nSPS) is 17.1. The van der Waals surface area contributed by atoms with Gasteiger partial charge in [-0.15, -0.1) is 12.4 Å². The Morgan fingerprint density at radius 1 is 1.22 bits per heavy atom. The topological polar surface area (TPSA) is 15.3 Å². The van der Waals surface area contributed by atoms with Gasteiger partial charge in [0.2, 0.25) is 0 Å². The van der Waals surface area contributed by atoms with E-state index in [1.165, 1.54) is 31.4 Å². The molecule has 1 aliphatic rings. The highest BCUT2D eigenvalue weighted by Crippen LogP contribution is 2.31. The Morgan fingerprint density at radius 2 is 1.87 bits per heavy atom. The van der Waals surface area contributed by atoms with E-state index >= 15 is 0 Å². The van der Waals surface area contributed by atoms with Crippen LogP contribution in [0.5, 0.6) is 0 Å². The van der Waals surface area contributed by atoms with E-state index in [2.05, 4.69) is 10.2 Å². The Balaban J connectivity index is 0.00000264. The quantitative estimate of drug-likeness (QED) is 0.853. The second-order valence-corrected chi connectivity index (χ2v) is 6.25. The standard InChI is InChI=1S/C17H25F3N2.ClH/c1-13-11-16(17(18,19)20)4-3-15(13)12-22-9-6-14(7-10-22)5-8-21-2;/h3-4,11,14,21H,5-10,12H2,1-2H3;1H. The third kappa shape index (κ3) is 5.98. The van der Waals surface area contributed by atoms with E-state index < -0.39 is 11.7 Å². The lowest BCUT2D eigenvalue weighted by atomic mass is 9.93. The summed E-state index contributed by atoms with van der Waals surface area (Å²) in [4.78, 5) is 2.35. The van der Waals surface area contributed by atoms with Crippen molar-refractivity contribution in [1.29, 1.82) is 0 Å². The van der Waals surface area contributed by atoms with Crippen molar-refractivity contribution in [1.82, 2.24) is 10.2 Å². The maximum Gasteiger partial charge on any atom is 0.416 e. The maximum absolute atomic E-state index is 12.7. The third-order valence-corrected chi connectivity index (χ3v) is 4.57. The van der Waals surface area contributed by atoms with Crippen LogP contribution in [0.2, 0.25) is 0 Å². The van der Waals surface area contributed by atoms with Crippen molar-refractivity contribution in [2.45, 2.75) is 38.9 Å². The first-order valence-corrected chi connectivity index (χ1v) is 7.94. The lowest BCUT2D eigenvalue weighted by molar-refractivity contribution is -0.137. The van der Waals surface area contributed by atoms with E-state index in [0.717, 1.165) is 43.2 Å². The first kappa shape index (κ1) is 20.3. The molecule has 1 fully saturated rings. The molecule has 23 heavy (non-hydrogen) atoms. The second kappa shape index (κ2) is 8.90. The molecule has 0 atom stereocenters. The van der Waals surface area contributed by atoms with Crippen LogP contribution in [0.1, 0.15) is 36.0 Å². The van der Waals surface area contributed by atoms with Gasteiger partial charge in [0, 0.05) is 6.54 Å². The number of nitrogens with zero attached hydrogens (tertiary/aromatic N) is 1. The molecule has 0 aliphatic carbocycles. The number of alkyl halides is 3. The molecule has 1 aromatic carbocycles. The predicted octanol–water partition coefficient (Wildman–Crippen LogP) is 4.26. The molecule has 0 radical (unpaired) electrons. The van der Waals surface area contributed by atoms with Crippen LogP contribution in [0.15, 0.2) is 18.2 Å². The number of likely N-dealkylation sites (tertiary alicyclic amines) is 1. The summed E-state index contributed by atoms with van der Waals surface area (Å²) in [5.74, 6) is 0.775. The van der Waals surface area contributed by atoms with Crippen LogP contribution in [0, 0.1) is 12.8 Å². The summed E-state index contributed by atoms with van der Waals surface area (Å²) in [7, 11) is 1.97. The van der Waals surface area contributed by atoms with Crippen molar-refractivity contribution < 1.29 is 13.2 Å². The summed E-state index contributed by atoms with van der Waals surface area (Å²) in [5, 5.41) is 3.19. The van der Waals surface area contributed by atoms with Crippen LogP contribution < -0.4 is 5.32 Å². The summed E-state index contributed by atoms with van der Waals surface area (Å²) in [6, 6.07) is 4.09. The predicted molar refractivity (Wildman–Crippen MR) is 90.0 cm³/mol. The van der Waals surface area contributed by atoms with Crippen molar-refractivity contribution in [2.24, 2.45) is 5.92 Å². The molecule has 0 unspecified atom stereocenters. The van der Waals surface area contributed by atoms with Crippen LogP contribution in [-0.2, 0) is 12.7 Å². The van der Waals surface area contributed by atoms with E-state index in [-0.39, 0.29) is 12.4 Å². The number of benzene rings is 1. The molecular formula is C17H26ClF3N2. The number of rotatable bonds is 5. The van der Waals surface area contributed by atoms with Gasteiger partial charge in [-0.05, 0) is 82.0 Å². The summed E-state index contributed by atoms with van der Waals surface area (Å²) in [5.41, 5.74) is 1.17. The molecule has 132 valence electrons. The Kier molecular flexibility index (Phi) is 7.84. The van der Waals surface area contributed by atoms with Gasteiger partial charge in [0.25, 0.3) is 0 Å². The lowest BCUT2D eigenvalue weighted by Gasteiger charge is -2.32. The van der Waals surface area contributed by atoms with Crippen LogP contribution >= 0.6 is 12.4 Å². The molecule has 0 aromatic heterocycles. The number of aryl methyl sites for hydroxylation is 1. The Bertz CT molecular complexity index is 483. The molecule has 1 heterocycles. The minimum absolute atomic E-state index is 0. The second-order valence-electron chi connectivity index (χ2n) is 6.25. The summed E-state index contributed by atoms with van der Waals surface area (Å²) in [6.07, 6.45) is -0.679. The fraction of sp³-hybridized carbons (Fsp3) is 0.647. The zero-order chi connectivity index (χ0) is 16.2. The third-order valence-electron chi connectivity index (χ3n) is 4.57. The number of hydrogen-bond donors (Lipinski definition) is 1. The van der Waals surface area contributed by atoms with Crippen LogP contribution in [-0.4, -0.2) is 31.6 Å². The Hall–Kier alpha value is -0.780. The van der Waals surface area contributed by atoms with Crippen molar-refractivity contribution in [3.8, 4) is 0 Å². The van der Waals surface area contributed by atoms with Gasteiger partial charge in [0.1, 0.15) is 0 Å². The minimum Gasteiger partial charge on any atom is -0.320 e. The van der Waals surface area contributed by atoms with Crippen LogP contribution in [0.3, 0.4) is 0 Å². The summed E-state index contributed by atoms with van der Waals surface area (Å²) < 4.78 is 38.1. The summed E-state index contributed by atoms with van der Waals surface area (Å²) in [6.45, 7) is 5.65. The summed E-state index contributed by atoms with van der Waals surface area (Å²) >= 11 is 0. The van der Waals surface area contributed by atoms with Crippen LogP contribution in [0.25, 0.3) is 0 Å². The first-order chi connectivity index (χ1) is 10.4. The Labute approximate surface area is 142 Å². The monoisotopic (exact) mass is 350 g/mol.